The Morgan fingerprint density at radius 1 is 1.09 bits per heavy atom. The van der Waals surface area contributed by atoms with E-state index in [2.05, 4.69) is 4.74 Å². The van der Waals surface area contributed by atoms with E-state index < -0.39 is 61.2 Å². The second-order valence-electron chi connectivity index (χ2n) is 4.18. The Hall–Kier alpha value is -1.76. The summed E-state index contributed by atoms with van der Waals surface area (Å²) in [5.41, 5.74) is 0. The number of aldehydes is 1. The monoisotopic (exact) mass is 326 g/mol. The molecule has 1 rings (SSSR count). The second kappa shape index (κ2) is 9.30. The molecule has 0 saturated heterocycles. The molecule has 0 unspecified atom stereocenters. The van der Waals surface area contributed by atoms with Crippen molar-refractivity contribution in [3.63, 3.8) is 0 Å². The van der Waals surface area contributed by atoms with Gasteiger partial charge in [-0.05, 0) is 0 Å². The van der Waals surface area contributed by atoms with Crippen molar-refractivity contribution in [2.24, 2.45) is 0 Å². The summed E-state index contributed by atoms with van der Waals surface area (Å²) in [6, 6.07) is 0. The van der Waals surface area contributed by atoms with Gasteiger partial charge in [0.05, 0.1) is 13.2 Å². The summed E-state index contributed by atoms with van der Waals surface area (Å²) < 4.78 is 4.32. The van der Waals surface area contributed by atoms with E-state index in [0.717, 1.165) is 0 Å². The summed E-state index contributed by atoms with van der Waals surface area (Å²) in [7, 11) is 0. The molecule has 0 saturated carbocycles. The minimum atomic E-state index is -1.64. The molecule has 0 radical (unpaired) electrons. The van der Waals surface area contributed by atoms with E-state index in [1.807, 2.05) is 0 Å². The van der Waals surface area contributed by atoms with Crippen molar-refractivity contribution in [2.45, 2.75) is 30.5 Å². The van der Waals surface area contributed by atoms with Gasteiger partial charge in [0.1, 0.15) is 24.4 Å². The SMILES string of the molecule is O=C1O[C@H]([C@@H](O)CO)C(O)=C1O.O=C[C@H](O)[C@H](O)[C@H](O)CO. The molecule has 1 heterocycles. The van der Waals surface area contributed by atoms with Gasteiger partial charge in [0.15, 0.2) is 18.1 Å². The number of carbonyl (C=O) groups is 2. The molecule has 11 heteroatoms. The molecule has 128 valence electrons. The summed E-state index contributed by atoms with van der Waals surface area (Å²) in [4.78, 5) is 20.3. The van der Waals surface area contributed by atoms with Crippen molar-refractivity contribution in [1.82, 2.24) is 0 Å². The molecule has 0 amide bonds. The average Bonchev–Trinajstić information content (AvgIpc) is 2.79. The fourth-order valence-corrected chi connectivity index (χ4v) is 1.24. The highest BCUT2D eigenvalue weighted by molar-refractivity contribution is 5.89. The number of cyclic esters (lactones) is 1. The molecule has 8 N–H and O–H groups in total. The predicted molar refractivity (Wildman–Crippen MR) is 66.4 cm³/mol. The van der Waals surface area contributed by atoms with Crippen molar-refractivity contribution in [3.05, 3.63) is 11.5 Å². The van der Waals surface area contributed by atoms with Crippen molar-refractivity contribution in [1.29, 1.82) is 0 Å². The van der Waals surface area contributed by atoms with Crippen LogP contribution in [0.3, 0.4) is 0 Å². The van der Waals surface area contributed by atoms with Crippen molar-refractivity contribution in [3.8, 4) is 0 Å². The van der Waals surface area contributed by atoms with Crippen LogP contribution in [0.25, 0.3) is 0 Å². The Morgan fingerprint density at radius 3 is 1.95 bits per heavy atom. The third kappa shape index (κ3) is 5.22. The first-order valence-electron chi connectivity index (χ1n) is 5.93. The van der Waals surface area contributed by atoms with Crippen LogP contribution < -0.4 is 0 Å². The Bertz CT molecular complexity index is 407. The van der Waals surface area contributed by atoms with Crippen LogP contribution >= 0.6 is 0 Å². The zero-order valence-electron chi connectivity index (χ0n) is 11.2. The number of aliphatic hydroxyl groups excluding tert-OH is 8. The number of rotatable bonds is 6. The van der Waals surface area contributed by atoms with Crippen LogP contribution in [0, 0.1) is 0 Å². The smallest absolute Gasteiger partial charge is 0.377 e. The van der Waals surface area contributed by atoms with E-state index in [9.17, 15) is 9.59 Å². The summed E-state index contributed by atoms with van der Waals surface area (Å²) in [5.74, 6) is -2.78. The van der Waals surface area contributed by atoms with Gasteiger partial charge in [-0.3, -0.25) is 0 Å². The lowest BCUT2D eigenvalue weighted by Gasteiger charge is -2.16. The van der Waals surface area contributed by atoms with Crippen molar-refractivity contribution < 1.29 is 55.2 Å². The number of carbonyl (C=O) groups excluding carboxylic acids is 2. The minimum absolute atomic E-state index is 0.0869. The van der Waals surface area contributed by atoms with Gasteiger partial charge in [-0.1, -0.05) is 0 Å². The predicted octanol–water partition coefficient (Wildman–Crippen LogP) is -4.15. The lowest BCUT2D eigenvalue weighted by Crippen LogP contribution is -2.40. The van der Waals surface area contributed by atoms with Crippen LogP contribution in [0.15, 0.2) is 11.5 Å². The average molecular weight is 326 g/mol. The zero-order valence-corrected chi connectivity index (χ0v) is 11.2. The standard InChI is InChI=1S/C6H8O6.C5H10O5/c7-1-2(8)5-3(9)4(10)6(11)12-5;6-1-3(8)5(10)4(9)2-7/h2,5,7-10H,1H2;1,3-5,7-10H,2H2/t2-,5+;3-,4+,5-/m00/s1. The summed E-state index contributed by atoms with van der Waals surface area (Å²) in [6.45, 7) is -1.36. The summed E-state index contributed by atoms with van der Waals surface area (Å²) in [5, 5.41) is 69.1. The molecule has 0 fully saturated rings. The lowest BCUT2D eigenvalue weighted by molar-refractivity contribution is -0.147. The lowest BCUT2D eigenvalue weighted by atomic mass is 10.1. The van der Waals surface area contributed by atoms with Gasteiger partial charge in [0, 0.05) is 0 Å². The Kier molecular flexibility index (Phi) is 8.55. The van der Waals surface area contributed by atoms with Gasteiger partial charge >= 0.3 is 5.97 Å². The first-order chi connectivity index (χ1) is 10.2. The van der Waals surface area contributed by atoms with Gasteiger partial charge < -0.3 is 50.4 Å². The molecule has 0 aromatic heterocycles. The first kappa shape index (κ1) is 20.2. The number of esters is 1. The van der Waals surface area contributed by atoms with Crippen LogP contribution in [0.1, 0.15) is 0 Å². The first-order valence-corrected chi connectivity index (χ1v) is 5.93. The van der Waals surface area contributed by atoms with Crippen LogP contribution in [0.4, 0.5) is 0 Å². The molecule has 1 aliphatic rings. The largest absolute Gasteiger partial charge is 0.505 e. The number of hydrogen-bond donors (Lipinski definition) is 8. The number of ether oxygens (including phenoxy) is 1. The van der Waals surface area contributed by atoms with Crippen molar-refractivity contribution >= 4 is 12.3 Å². The normalized spacial score (nSPS) is 23.0. The van der Waals surface area contributed by atoms with Crippen LogP contribution in [-0.4, -0.2) is 96.8 Å². The van der Waals surface area contributed by atoms with E-state index in [4.69, 9.17) is 40.9 Å². The van der Waals surface area contributed by atoms with E-state index >= 15 is 0 Å². The molecule has 0 bridgehead atoms. The van der Waals surface area contributed by atoms with Gasteiger partial charge in [-0.25, -0.2) is 4.79 Å². The van der Waals surface area contributed by atoms with E-state index in [1.54, 1.807) is 0 Å². The molecular formula is C11H18O11. The highest BCUT2D eigenvalue weighted by Gasteiger charge is 2.38. The summed E-state index contributed by atoms with van der Waals surface area (Å²) in [6.07, 6.45) is -7.41. The fourth-order valence-electron chi connectivity index (χ4n) is 1.24. The molecular weight excluding hydrogens is 308 g/mol. The molecule has 1 aliphatic heterocycles. The minimum Gasteiger partial charge on any atom is -0.505 e. The van der Waals surface area contributed by atoms with Gasteiger partial charge in [0.25, 0.3) is 0 Å². The fraction of sp³-hybridized carbons (Fsp3) is 0.636. The maximum Gasteiger partial charge on any atom is 0.377 e. The molecule has 22 heavy (non-hydrogen) atoms. The van der Waals surface area contributed by atoms with Crippen molar-refractivity contribution in [2.75, 3.05) is 13.2 Å². The van der Waals surface area contributed by atoms with Crippen LogP contribution in [0.2, 0.25) is 0 Å². The third-order valence-corrected chi connectivity index (χ3v) is 2.55. The number of aliphatic hydroxyl groups is 8. The molecule has 0 aromatic rings. The van der Waals surface area contributed by atoms with E-state index in [-0.39, 0.29) is 6.29 Å². The highest BCUT2D eigenvalue weighted by atomic mass is 16.6. The quantitative estimate of drug-likeness (QED) is 0.174. The maximum absolute atomic E-state index is 10.5. The summed E-state index contributed by atoms with van der Waals surface area (Å²) >= 11 is 0. The molecule has 0 aliphatic carbocycles. The Labute approximate surface area is 123 Å². The van der Waals surface area contributed by atoms with Gasteiger partial charge in [0.2, 0.25) is 5.76 Å². The van der Waals surface area contributed by atoms with E-state index in [0.29, 0.717) is 0 Å². The maximum atomic E-state index is 10.5. The third-order valence-electron chi connectivity index (χ3n) is 2.55. The van der Waals surface area contributed by atoms with Crippen LogP contribution in [-0.2, 0) is 14.3 Å². The molecule has 11 nitrogen and oxygen atoms in total. The van der Waals surface area contributed by atoms with Gasteiger partial charge in [-0.2, -0.15) is 0 Å². The molecule has 0 spiro atoms. The Morgan fingerprint density at radius 2 is 1.64 bits per heavy atom. The van der Waals surface area contributed by atoms with Gasteiger partial charge in [-0.15, -0.1) is 0 Å². The highest BCUT2D eigenvalue weighted by Crippen LogP contribution is 2.20. The molecule has 0 aromatic carbocycles. The zero-order chi connectivity index (χ0) is 17.4. The van der Waals surface area contributed by atoms with Crippen LogP contribution in [0.5, 0.6) is 0 Å². The second-order valence-corrected chi connectivity index (χ2v) is 4.18. The number of hydrogen-bond acceptors (Lipinski definition) is 11. The molecule has 5 atom stereocenters. The topological polar surface area (TPSA) is 205 Å². The van der Waals surface area contributed by atoms with E-state index in [1.165, 1.54) is 0 Å². The Balaban J connectivity index is 0.000000409.